The van der Waals surface area contributed by atoms with Gasteiger partial charge in [0.25, 0.3) is 0 Å². The molecule has 1 fully saturated rings. The van der Waals surface area contributed by atoms with Gasteiger partial charge >= 0.3 is 0 Å². The topological polar surface area (TPSA) is 29.9 Å². The Labute approximate surface area is 184 Å². The third-order valence-electron chi connectivity index (χ3n) is 7.29. The van der Waals surface area contributed by atoms with Gasteiger partial charge < -0.3 is 9.88 Å². The fraction of sp³-hybridized carbons (Fsp3) is 0.321. The molecule has 4 aromatic rings. The van der Waals surface area contributed by atoms with Gasteiger partial charge in [0.15, 0.2) is 0 Å². The van der Waals surface area contributed by atoms with E-state index in [4.69, 9.17) is 4.98 Å². The van der Waals surface area contributed by atoms with Crippen LogP contribution in [-0.2, 0) is 19.4 Å². The third-order valence-corrected chi connectivity index (χ3v) is 7.29. The zero-order chi connectivity index (χ0) is 20.6. The molecule has 1 saturated heterocycles. The van der Waals surface area contributed by atoms with Gasteiger partial charge in [-0.2, -0.15) is 0 Å². The number of hydrogen-bond acceptors (Lipinski definition) is 2. The van der Waals surface area contributed by atoms with Crippen LogP contribution in [0.3, 0.4) is 0 Å². The summed E-state index contributed by atoms with van der Waals surface area (Å²) in [6, 6.07) is 29.2. The van der Waals surface area contributed by atoms with Gasteiger partial charge in [0, 0.05) is 18.5 Å². The first-order valence-corrected chi connectivity index (χ1v) is 11.7. The number of hydrogen-bond donors (Lipinski definition) is 1. The highest BCUT2D eigenvalue weighted by molar-refractivity contribution is 5.76. The molecule has 2 aliphatic heterocycles. The van der Waals surface area contributed by atoms with Crippen LogP contribution in [0, 0.1) is 5.92 Å². The van der Waals surface area contributed by atoms with Gasteiger partial charge in [0.2, 0.25) is 0 Å². The van der Waals surface area contributed by atoms with Gasteiger partial charge in [-0.05, 0) is 67.0 Å². The largest absolute Gasteiger partial charge is 0.327 e. The average Bonchev–Trinajstić information content (AvgIpc) is 3.09. The van der Waals surface area contributed by atoms with Crippen molar-refractivity contribution in [1.29, 1.82) is 0 Å². The standard InChI is InChI=1S/C28H29N3/c1-2-8-20(9-3-1)18-23-19-22(14-16-29-23)27-24-11-5-4-10-21(24)15-17-31-26-13-7-6-12-25(26)30-28(27)31/h1-13,22-23,27,29H,14-19H2. The maximum atomic E-state index is 5.22. The van der Waals surface area contributed by atoms with Crippen molar-refractivity contribution in [2.75, 3.05) is 6.54 Å². The smallest absolute Gasteiger partial charge is 0.117 e. The lowest BCUT2D eigenvalue weighted by molar-refractivity contribution is 0.273. The molecule has 3 nitrogen and oxygen atoms in total. The van der Waals surface area contributed by atoms with Crippen LogP contribution in [0.25, 0.3) is 11.0 Å². The summed E-state index contributed by atoms with van der Waals surface area (Å²) in [5.41, 5.74) is 6.85. The summed E-state index contributed by atoms with van der Waals surface area (Å²) < 4.78 is 2.51. The van der Waals surface area contributed by atoms with Gasteiger partial charge in [0.1, 0.15) is 5.82 Å². The molecule has 0 bridgehead atoms. The summed E-state index contributed by atoms with van der Waals surface area (Å²) in [5, 5.41) is 3.80. The lowest BCUT2D eigenvalue weighted by Crippen LogP contribution is -2.41. The Morgan fingerprint density at radius 1 is 0.903 bits per heavy atom. The van der Waals surface area contributed by atoms with Crippen molar-refractivity contribution in [3.05, 3.63) is 101 Å². The molecule has 0 radical (unpaired) electrons. The zero-order valence-electron chi connectivity index (χ0n) is 17.9. The van der Waals surface area contributed by atoms with Crippen LogP contribution in [0.2, 0.25) is 0 Å². The van der Waals surface area contributed by atoms with Crippen molar-refractivity contribution < 1.29 is 0 Å². The van der Waals surface area contributed by atoms with E-state index in [9.17, 15) is 0 Å². The Morgan fingerprint density at radius 3 is 2.65 bits per heavy atom. The van der Waals surface area contributed by atoms with Crippen molar-refractivity contribution in [3.8, 4) is 0 Å². The van der Waals surface area contributed by atoms with Crippen molar-refractivity contribution in [3.63, 3.8) is 0 Å². The first kappa shape index (κ1) is 18.8. The zero-order valence-corrected chi connectivity index (χ0v) is 17.9. The Hall–Kier alpha value is -2.91. The summed E-state index contributed by atoms with van der Waals surface area (Å²) in [6.07, 6.45) is 4.57. The van der Waals surface area contributed by atoms with Gasteiger partial charge in [-0.25, -0.2) is 4.98 Å². The highest BCUT2D eigenvalue weighted by atomic mass is 15.1. The monoisotopic (exact) mass is 407 g/mol. The molecular weight excluding hydrogens is 378 g/mol. The Bertz CT molecular complexity index is 1190. The van der Waals surface area contributed by atoms with Crippen LogP contribution in [-0.4, -0.2) is 22.1 Å². The number of para-hydroxylation sites is 2. The second-order valence-corrected chi connectivity index (χ2v) is 9.16. The van der Waals surface area contributed by atoms with E-state index in [1.807, 2.05) is 0 Å². The first-order valence-electron chi connectivity index (χ1n) is 11.7. The number of fused-ring (bicyclic) bond motifs is 4. The van der Waals surface area contributed by atoms with Crippen LogP contribution in [0.5, 0.6) is 0 Å². The molecule has 0 spiro atoms. The van der Waals surface area contributed by atoms with Crippen molar-refractivity contribution in [2.45, 2.75) is 44.2 Å². The molecule has 1 aromatic heterocycles. The summed E-state index contributed by atoms with van der Waals surface area (Å²) in [7, 11) is 0. The molecule has 3 heteroatoms. The maximum absolute atomic E-state index is 5.22. The van der Waals surface area contributed by atoms with Crippen LogP contribution >= 0.6 is 0 Å². The molecule has 6 rings (SSSR count). The normalized spacial score (nSPS) is 23.2. The quantitative estimate of drug-likeness (QED) is 0.497. The lowest BCUT2D eigenvalue weighted by Gasteiger charge is -2.35. The van der Waals surface area contributed by atoms with Crippen LogP contribution in [0.15, 0.2) is 78.9 Å². The highest BCUT2D eigenvalue weighted by Crippen LogP contribution is 2.42. The second-order valence-electron chi connectivity index (χ2n) is 9.16. The summed E-state index contributed by atoms with van der Waals surface area (Å²) in [4.78, 5) is 5.22. The molecule has 0 saturated carbocycles. The van der Waals surface area contributed by atoms with E-state index in [1.54, 1.807) is 0 Å². The van der Waals surface area contributed by atoms with Crippen molar-refractivity contribution in [2.24, 2.45) is 5.92 Å². The number of aromatic nitrogens is 2. The fourth-order valence-corrected chi connectivity index (χ4v) is 5.86. The van der Waals surface area contributed by atoms with Crippen molar-refractivity contribution in [1.82, 2.24) is 14.9 Å². The second kappa shape index (κ2) is 7.97. The van der Waals surface area contributed by atoms with E-state index in [1.165, 1.54) is 40.9 Å². The van der Waals surface area contributed by atoms with Crippen molar-refractivity contribution >= 4 is 11.0 Å². The number of rotatable bonds is 3. The predicted molar refractivity (Wildman–Crippen MR) is 126 cm³/mol. The maximum Gasteiger partial charge on any atom is 0.117 e. The minimum atomic E-state index is 0.367. The number of piperidine rings is 1. The highest BCUT2D eigenvalue weighted by Gasteiger charge is 2.36. The van der Waals surface area contributed by atoms with E-state index in [0.29, 0.717) is 17.9 Å². The van der Waals surface area contributed by atoms with Crippen LogP contribution < -0.4 is 5.32 Å². The van der Waals surface area contributed by atoms with Gasteiger partial charge in [-0.3, -0.25) is 0 Å². The minimum Gasteiger partial charge on any atom is -0.327 e. The minimum absolute atomic E-state index is 0.367. The Kier molecular flexibility index (Phi) is 4.84. The van der Waals surface area contributed by atoms with Crippen LogP contribution in [0.1, 0.15) is 41.3 Å². The number of nitrogens with one attached hydrogen (secondary N) is 1. The summed E-state index contributed by atoms with van der Waals surface area (Å²) in [6.45, 7) is 2.10. The molecule has 3 unspecified atom stereocenters. The van der Waals surface area contributed by atoms with Gasteiger partial charge in [0.05, 0.1) is 11.0 Å². The fourth-order valence-electron chi connectivity index (χ4n) is 5.86. The lowest BCUT2D eigenvalue weighted by atomic mass is 9.75. The Balaban J connectivity index is 1.40. The molecular formula is C28H29N3. The molecule has 156 valence electrons. The molecule has 0 aliphatic carbocycles. The van der Waals surface area contributed by atoms with E-state index < -0.39 is 0 Å². The number of aryl methyl sites for hydroxylation is 2. The number of nitrogens with zero attached hydrogens (tertiary/aromatic N) is 2. The molecule has 0 amide bonds. The predicted octanol–water partition coefficient (Wildman–Crippen LogP) is 5.34. The molecule has 2 aliphatic rings. The first-order chi connectivity index (χ1) is 15.4. The van der Waals surface area contributed by atoms with E-state index in [-0.39, 0.29) is 0 Å². The summed E-state index contributed by atoms with van der Waals surface area (Å²) >= 11 is 0. The average molecular weight is 408 g/mol. The molecule has 31 heavy (non-hydrogen) atoms. The van der Waals surface area contributed by atoms with E-state index >= 15 is 0 Å². The number of imidazole rings is 1. The Morgan fingerprint density at radius 2 is 1.71 bits per heavy atom. The molecule has 3 atom stereocenters. The third kappa shape index (κ3) is 3.47. The molecule has 3 heterocycles. The van der Waals surface area contributed by atoms with Gasteiger partial charge in [-0.15, -0.1) is 0 Å². The molecule has 3 aromatic carbocycles. The number of benzene rings is 3. The summed E-state index contributed by atoms with van der Waals surface area (Å²) in [5.74, 6) is 2.24. The van der Waals surface area contributed by atoms with Crippen LogP contribution in [0.4, 0.5) is 0 Å². The molecule has 1 N–H and O–H groups in total. The van der Waals surface area contributed by atoms with E-state index in [2.05, 4.69) is 88.7 Å². The SMILES string of the molecule is c1ccc(CC2CC(C3c4ccccc4CCn4c3nc3ccccc34)CCN2)cc1. The van der Waals surface area contributed by atoms with Gasteiger partial charge in [-0.1, -0.05) is 66.7 Å². The van der Waals surface area contributed by atoms with E-state index in [0.717, 1.165) is 31.4 Å².